The van der Waals surface area contributed by atoms with Crippen molar-refractivity contribution in [3.63, 3.8) is 0 Å². The van der Waals surface area contributed by atoms with Gasteiger partial charge in [-0.05, 0) is 51.1 Å². The van der Waals surface area contributed by atoms with Gasteiger partial charge in [-0.15, -0.1) is 4.83 Å². The van der Waals surface area contributed by atoms with Gasteiger partial charge in [0.1, 0.15) is 6.54 Å². The topological polar surface area (TPSA) is 119 Å². The van der Waals surface area contributed by atoms with E-state index in [0.717, 1.165) is 11.4 Å². The SMILES string of the molecule is CCOC(=O)c1ccc(S(=O)(=O)NNC(=O)Cn2nc(C)cc2C)cc1. The van der Waals surface area contributed by atoms with Crippen LogP contribution in [-0.4, -0.2) is 36.7 Å². The number of rotatable bonds is 7. The summed E-state index contributed by atoms with van der Waals surface area (Å²) in [6.45, 7) is 5.37. The van der Waals surface area contributed by atoms with Crippen LogP contribution < -0.4 is 10.3 Å². The van der Waals surface area contributed by atoms with Gasteiger partial charge in [0.15, 0.2) is 0 Å². The summed E-state index contributed by atoms with van der Waals surface area (Å²) in [6, 6.07) is 6.99. The number of aromatic nitrogens is 2. The normalized spacial score (nSPS) is 11.2. The lowest BCUT2D eigenvalue weighted by molar-refractivity contribution is -0.122. The van der Waals surface area contributed by atoms with Crippen LogP contribution in [0.1, 0.15) is 28.7 Å². The zero-order valence-corrected chi connectivity index (χ0v) is 15.5. The Kier molecular flexibility index (Phi) is 6.11. The maximum absolute atomic E-state index is 12.2. The van der Waals surface area contributed by atoms with Crippen LogP contribution >= 0.6 is 0 Å². The Morgan fingerprint density at radius 1 is 1.19 bits per heavy atom. The van der Waals surface area contributed by atoms with Gasteiger partial charge >= 0.3 is 5.97 Å². The lowest BCUT2D eigenvalue weighted by Gasteiger charge is -2.10. The minimum absolute atomic E-state index is 0.100. The van der Waals surface area contributed by atoms with Crippen molar-refractivity contribution >= 4 is 21.9 Å². The molecule has 1 heterocycles. The summed E-state index contributed by atoms with van der Waals surface area (Å²) in [5.74, 6) is -1.11. The molecule has 0 unspecified atom stereocenters. The Morgan fingerprint density at radius 3 is 2.38 bits per heavy atom. The van der Waals surface area contributed by atoms with Crippen molar-refractivity contribution < 1.29 is 22.7 Å². The molecule has 2 rings (SSSR count). The summed E-state index contributed by atoms with van der Waals surface area (Å²) < 4.78 is 30.7. The Morgan fingerprint density at radius 2 is 1.85 bits per heavy atom. The summed E-state index contributed by atoms with van der Waals surface area (Å²) in [4.78, 5) is 25.4. The average molecular weight is 380 g/mol. The highest BCUT2D eigenvalue weighted by Crippen LogP contribution is 2.11. The van der Waals surface area contributed by atoms with Crippen molar-refractivity contribution in [3.05, 3.63) is 47.3 Å². The number of esters is 1. The summed E-state index contributed by atoms with van der Waals surface area (Å²) >= 11 is 0. The van der Waals surface area contributed by atoms with Gasteiger partial charge in [-0.25, -0.2) is 13.2 Å². The monoisotopic (exact) mass is 380 g/mol. The van der Waals surface area contributed by atoms with Crippen LogP contribution in [0.25, 0.3) is 0 Å². The first-order valence-corrected chi connectivity index (χ1v) is 9.30. The maximum atomic E-state index is 12.2. The van der Waals surface area contributed by atoms with E-state index in [2.05, 4.69) is 10.5 Å². The summed E-state index contributed by atoms with van der Waals surface area (Å²) in [5.41, 5.74) is 3.92. The van der Waals surface area contributed by atoms with E-state index >= 15 is 0 Å². The molecule has 0 aliphatic heterocycles. The third-order valence-electron chi connectivity index (χ3n) is 3.40. The molecule has 140 valence electrons. The van der Waals surface area contributed by atoms with Gasteiger partial charge in [-0.3, -0.25) is 14.9 Å². The summed E-state index contributed by atoms with van der Waals surface area (Å²) in [6.07, 6.45) is 0. The molecule has 0 saturated carbocycles. The molecule has 1 amide bonds. The smallest absolute Gasteiger partial charge is 0.338 e. The number of nitrogens with zero attached hydrogens (tertiary/aromatic N) is 2. The number of ether oxygens (including phenoxy) is 1. The van der Waals surface area contributed by atoms with Crippen LogP contribution in [0.5, 0.6) is 0 Å². The van der Waals surface area contributed by atoms with Crippen LogP contribution in [0, 0.1) is 13.8 Å². The molecule has 0 aliphatic rings. The molecule has 2 N–H and O–H groups in total. The lowest BCUT2D eigenvalue weighted by Crippen LogP contribution is -2.43. The van der Waals surface area contributed by atoms with Crippen molar-refractivity contribution in [1.82, 2.24) is 20.0 Å². The number of carbonyl (C=O) groups is 2. The Labute approximate surface area is 151 Å². The maximum Gasteiger partial charge on any atom is 0.338 e. The fourth-order valence-corrected chi connectivity index (χ4v) is 3.04. The second kappa shape index (κ2) is 8.11. The van der Waals surface area contributed by atoms with Crippen LogP contribution in [0.4, 0.5) is 0 Å². The molecular formula is C16H20N4O5S. The van der Waals surface area contributed by atoms with Gasteiger partial charge in [-0.1, -0.05) is 0 Å². The van der Waals surface area contributed by atoms with Crippen molar-refractivity contribution in [3.8, 4) is 0 Å². The lowest BCUT2D eigenvalue weighted by atomic mass is 10.2. The quantitative estimate of drug-likeness (QED) is 0.539. The van der Waals surface area contributed by atoms with Gasteiger partial charge < -0.3 is 4.74 Å². The van der Waals surface area contributed by atoms with E-state index in [1.54, 1.807) is 20.8 Å². The number of aryl methyl sites for hydroxylation is 2. The first kappa shape index (κ1) is 19.6. The van der Waals surface area contributed by atoms with Crippen LogP contribution in [0.3, 0.4) is 0 Å². The molecule has 0 bridgehead atoms. The minimum atomic E-state index is -3.97. The molecule has 0 radical (unpaired) electrons. The largest absolute Gasteiger partial charge is 0.462 e. The van der Waals surface area contributed by atoms with Crippen LogP contribution in [0.15, 0.2) is 35.2 Å². The van der Waals surface area contributed by atoms with Crippen LogP contribution in [0.2, 0.25) is 0 Å². The van der Waals surface area contributed by atoms with E-state index in [-0.39, 0.29) is 23.6 Å². The number of sulfonamides is 1. The molecule has 9 nitrogen and oxygen atoms in total. The molecule has 0 saturated heterocycles. The molecule has 10 heteroatoms. The Bertz CT molecular complexity index is 903. The van der Waals surface area contributed by atoms with Crippen LogP contribution in [-0.2, 0) is 26.1 Å². The average Bonchev–Trinajstić information content (AvgIpc) is 2.90. The number of hydrogen-bond donors (Lipinski definition) is 2. The molecule has 0 spiro atoms. The molecule has 1 aromatic heterocycles. The molecular weight excluding hydrogens is 360 g/mol. The number of benzene rings is 1. The third kappa shape index (κ3) is 4.90. The van der Waals surface area contributed by atoms with Gasteiger partial charge in [0.25, 0.3) is 15.9 Å². The standard InChI is InChI=1S/C16H20N4O5S/c1-4-25-16(22)13-5-7-14(8-6-13)26(23,24)19-17-15(21)10-20-12(3)9-11(2)18-20/h5-9,19H,4,10H2,1-3H3,(H,17,21). The van der Waals surface area contributed by atoms with E-state index in [1.807, 2.05) is 10.9 Å². The summed E-state index contributed by atoms with van der Waals surface area (Å²) in [7, 11) is -3.97. The zero-order valence-electron chi connectivity index (χ0n) is 14.6. The minimum Gasteiger partial charge on any atom is -0.462 e. The molecule has 0 aliphatic carbocycles. The number of carbonyl (C=O) groups excluding carboxylic acids is 2. The Balaban J connectivity index is 1.98. The molecule has 0 fully saturated rings. The second-order valence-corrected chi connectivity index (χ2v) is 7.17. The fraction of sp³-hybridized carbons (Fsp3) is 0.312. The van der Waals surface area contributed by atoms with Gasteiger partial charge in [0.2, 0.25) is 0 Å². The second-order valence-electron chi connectivity index (χ2n) is 5.48. The molecule has 1 aromatic carbocycles. The van der Waals surface area contributed by atoms with E-state index in [9.17, 15) is 18.0 Å². The van der Waals surface area contributed by atoms with Crippen molar-refractivity contribution in [2.75, 3.05) is 6.61 Å². The van der Waals surface area contributed by atoms with Gasteiger partial charge in [-0.2, -0.15) is 5.10 Å². The molecule has 26 heavy (non-hydrogen) atoms. The van der Waals surface area contributed by atoms with Gasteiger partial charge in [0.05, 0.1) is 22.8 Å². The Hall–Kier alpha value is -2.72. The predicted molar refractivity (Wildman–Crippen MR) is 92.6 cm³/mol. The van der Waals surface area contributed by atoms with Gasteiger partial charge in [0, 0.05) is 5.69 Å². The molecule has 0 atom stereocenters. The highest BCUT2D eigenvalue weighted by atomic mass is 32.2. The van der Waals surface area contributed by atoms with Crippen molar-refractivity contribution in [2.45, 2.75) is 32.2 Å². The first-order valence-electron chi connectivity index (χ1n) is 7.82. The number of hydrazine groups is 1. The zero-order chi connectivity index (χ0) is 19.3. The third-order valence-corrected chi connectivity index (χ3v) is 4.66. The first-order chi connectivity index (χ1) is 12.2. The van der Waals surface area contributed by atoms with E-state index in [1.165, 1.54) is 28.9 Å². The predicted octanol–water partition coefficient (Wildman–Crippen LogP) is 0.686. The van der Waals surface area contributed by atoms with E-state index in [4.69, 9.17) is 4.74 Å². The highest BCUT2D eigenvalue weighted by Gasteiger charge is 2.17. The number of hydrogen-bond acceptors (Lipinski definition) is 6. The van der Waals surface area contributed by atoms with E-state index < -0.39 is 21.9 Å². The van der Waals surface area contributed by atoms with Crippen molar-refractivity contribution in [2.24, 2.45) is 0 Å². The van der Waals surface area contributed by atoms with E-state index in [0.29, 0.717) is 0 Å². The number of amides is 1. The number of nitrogens with one attached hydrogen (secondary N) is 2. The molecule has 2 aromatic rings. The van der Waals surface area contributed by atoms with Crippen molar-refractivity contribution in [1.29, 1.82) is 0 Å². The highest BCUT2D eigenvalue weighted by molar-refractivity contribution is 7.89. The fourth-order valence-electron chi connectivity index (χ4n) is 2.18. The summed E-state index contributed by atoms with van der Waals surface area (Å²) in [5, 5.41) is 4.13.